The van der Waals surface area contributed by atoms with E-state index in [0.717, 1.165) is 41.6 Å². The Morgan fingerprint density at radius 3 is 2.83 bits per heavy atom. The molecule has 1 aromatic heterocycles. The molecule has 0 N–H and O–H groups in total. The number of anilines is 1. The van der Waals surface area contributed by atoms with Gasteiger partial charge >= 0.3 is 0 Å². The van der Waals surface area contributed by atoms with Gasteiger partial charge in [-0.15, -0.1) is 11.8 Å². The van der Waals surface area contributed by atoms with Gasteiger partial charge in [-0.25, -0.2) is 9.37 Å². The Labute approximate surface area is 147 Å². The third-order valence-electron chi connectivity index (χ3n) is 5.45. The van der Waals surface area contributed by atoms with Gasteiger partial charge in [0.15, 0.2) is 0 Å². The topological polar surface area (TPSA) is 22.6 Å². The Morgan fingerprint density at radius 1 is 1.33 bits per heavy atom. The van der Waals surface area contributed by atoms with Gasteiger partial charge in [0, 0.05) is 37.5 Å². The molecule has 128 valence electrons. The first-order valence-corrected chi connectivity index (χ1v) is 9.31. The van der Waals surface area contributed by atoms with Crippen LogP contribution in [0.3, 0.4) is 0 Å². The summed E-state index contributed by atoms with van der Waals surface area (Å²) >= 11 is 1.84. The van der Waals surface area contributed by atoms with Gasteiger partial charge in [0.2, 0.25) is 0 Å². The van der Waals surface area contributed by atoms with Crippen molar-refractivity contribution in [1.82, 2.24) is 14.8 Å². The minimum Gasteiger partial charge on any atom is -0.363 e. The lowest BCUT2D eigenvalue weighted by atomic mass is 10.00. The van der Waals surface area contributed by atoms with Crippen molar-refractivity contribution in [1.29, 1.82) is 0 Å². The lowest BCUT2D eigenvalue weighted by molar-refractivity contribution is 0.104. The highest BCUT2D eigenvalue weighted by molar-refractivity contribution is 8.03. The van der Waals surface area contributed by atoms with Crippen LogP contribution in [0, 0.1) is 12.7 Å². The molecule has 0 amide bonds. The summed E-state index contributed by atoms with van der Waals surface area (Å²) in [6.45, 7) is 10.2. The predicted molar refractivity (Wildman–Crippen MR) is 98.4 cm³/mol. The first kappa shape index (κ1) is 16.0. The number of aryl methyl sites for hydroxylation is 1. The molecule has 0 aliphatic carbocycles. The second-order valence-corrected chi connectivity index (χ2v) is 8.05. The van der Waals surface area contributed by atoms with E-state index >= 15 is 0 Å². The second-order valence-electron chi connectivity index (χ2n) is 7.02. The monoisotopic (exact) mass is 346 g/mol. The quantitative estimate of drug-likeness (QED) is 0.718. The number of aromatic nitrogens is 1. The molecule has 6 heteroatoms. The Kier molecular flexibility index (Phi) is 3.65. The molecule has 0 spiro atoms. The van der Waals surface area contributed by atoms with Crippen molar-refractivity contribution in [3.63, 3.8) is 0 Å². The average molecular weight is 346 g/mol. The van der Waals surface area contributed by atoms with Crippen LogP contribution in [-0.2, 0) is 0 Å². The fraction of sp³-hybridized carbons (Fsp3) is 0.500. The fourth-order valence-electron chi connectivity index (χ4n) is 3.75. The minimum atomic E-state index is -0.240. The molecule has 4 rings (SSSR count). The van der Waals surface area contributed by atoms with Crippen LogP contribution < -0.4 is 4.90 Å². The van der Waals surface area contributed by atoms with E-state index in [1.54, 1.807) is 13.0 Å². The van der Waals surface area contributed by atoms with E-state index in [9.17, 15) is 4.39 Å². The number of likely N-dealkylation sites (N-methyl/N-ethyl adjacent to an activating group) is 2. The van der Waals surface area contributed by atoms with Gasteiger partial charge < -0.3 is 9.80 Å². The molecule has 3 aliphatic rings. The molecular weight excluding hydrogens is 323 g/mol. The van der Waals surface area contributed by atoms with Crippen LogP contribution in [0.2, 0.25) is 0 Å². The summed E-state index contributed by atoms with van der Waals surface area (Å²) in [5.41, 5.74) is 3.42. The van der Waals surface area contributed by atoms with E-state index in [1.807, 2.05) is 23.7 Å². The van der Waals surface area contributed by atoms with E-state index in [-0.39, 0.29) is 5.82 Å². The molecule has 3 aliphatic heterocycles. The minimum absolute atomic E-state index is 0.240. The van der Waals surface area contributed by atoms with Crippen LogP contribution in [0.5, 0.6) is 0 Å². The third-order valence-corrected chi connectivity index (χ3v) is 6.72. The van der Waals surface area contributed by atoms with Crippen molar-refractivity contribution in [2.45, 2.75) is 25.9 Å². The molecule has 1 fully saturated rings. The van der Waals surface area contributed by atoms with Crippen molar-refractivity contribution in [3.8, 4) is 0 Å². The fourth-order valence-corrected chi connectivity index (χ4v) is 5.07. The van der Waals surface area contributed by atoms with Crippen LogP contribution in [0.1, 0.15) is 18.2 Å². The van der Waals surface area contributed by atoms with E-state index in [2.05, 4.69) is 35.3 Å². The Hall–Kier alpha value is -1.53. The molecule has 24 heavy (non-hydrogen) atoms. The number of thioether (sulfide) groups is 1. The number of fused-ring (bicyclic) bond motifs is 4. The number of piperazine rings is 1. The molecule has 0 saturated carbocycles. The summed E-state index contributed by atoms with van der Waals surface area (Å²) < 4.78 is 14.3. The Bertz CT molecular complexity index is 760. The van der Waals surface area contributed by atoms with Crippen LogP contribution in [0.15, 0.2) is 23.2 Å². The van der Waals surface area contributed by atoms with Crippen LogP contribution in [0.4, 0.5) is 10.2 Å². The van der Waals surface area contributed by atoms with Crippen LogP contribution in [0.25, 0.3) is 5.70 Å². The van der Waals surface area contributed by atoms with E-state index in [1.165, 1.54) is 4.91 Å². The third kappa shape index (κ3) is 2.19. The van der Waals surface area contributed by atoms with Gasteiger partial charge in [-0.1, -0.05) is 6.58 Å². The van der Waals surface area contributed by atoms with Gasteiger partial charge in [-0.05, 0) is 27.0 Å². The van der Waals surface area contributed by atoms with Crippen molar-refractivity contribution < 1.29 is 4.39 Å². The summed E-state index contributed by atoms with van der Waals surface area (Å²) in [5, 5.41) is 0. The molecule has 2 atom stereocenters. The first-order chi connectivity index (χ1) is 11.4. The number of rotatable bonds is 0. The normalized spacial score (nSPS) is 27.1. The molecule has 1 saturated heterocycles. The highest BCUT2D eigenvalue weighted by Crippen LogP contribution is 2.48. The summed E-state index contributed by atoms with van der Waals surface area (Å²) in [7, 11) is 4.15. The standard InChI is InChI=1S/C18H23FN4S/c1-10-7-23-13(8-21(10)4)9-24-17-12(3)22(5)18-14(16(17)23)6-15(19)11(2)20-18/h6,10,13H,3,7-9H2,1-2,4-5H3. The zero-order valence-corrected chi connectivity index (χ0v) is 15.5. The van der Waals surface area contributed by atoms with Gasteiger partial charge in [-0.3, -0.25) is 4.90 Å². The summed E-state index contributed by atoms with van der Waals surface area (Å²) in [5.74, 6) is 1.61. The Morgan fingerprint density at radius 2 is 2.08 bits per heavy atom. The maximum absolute atomic E-state index is 14.3. The zero-order chi connectivity index (χ0) is 17.2. The molecule has 4 heterocycles. The molecule has 4 nitrogen and oxygen atoms in total. The van der Waals surface area contributed by atoms with E-state index in [0.29, 0.717) is 17.8 Å². The van der Waals surface area contributed by atoms with E-state index < -0.39 is 0 Å². The number of pyridine rings is 1. The van der Waals surface area contributed by atoms with Crippen molar-refractivity contribution in [2.75, 3.05) is 37.8 Å². The highest BCUT2D eigenvalue weighted by atomic mass is 32.2. The summed E-state index contributed by atoms with van der Waals surface area (Å²) in [6.07, 6.45) is 0. The number of nitrogens with zero attached hydrogens (tertiary/aromatic N) is 4. The maximum Gasteiger partial charge on any atom is 0.145 e. The number of halogens is 1. The van der Waals surface area contributed by atoms with E-state index in [4.69, 9.17) is 0 Å². The lowest BCUT2D eigenvalue weighted by Gasteiger charge is -2.50. The SMILES string of the molecule is C=C1C2=C(c3cc(F)c(C)nc3N1C)N1CC(C)N(C)CC1CS2. The highest BCUT2D eigenvalue weighted by Gasteiger charge is 2.40. The smallest absolute Gasteiger partial charge is 0.145 e. The maximum atomic E-state index is 14.3. The lowest BCUT2D eigenvalue weighted by Crippen LogP contribution is -2.57. The zero-order valence-electron chi connectivity index (χ0n) is 14.6. The second kappa shape index (κ2) is 5.49. The number of hydrogen-bond acceptors (Lipinski definition) is 5. The van der Waals surface area contributed by atoms with Crippen LogP contribution in [-0.4, -0.2) is 59.8 Å². The van der Waals surface area contributed by atoms with Crippen molar-refractivity contribution >= 4 is 23.3 Å². The van der Waals surface area contributed by atoms with Gasteiger partial charge in [-0.2, -0.15) is 0 Å². The summed E-state index contributed by atoms with van der Waals surface area (Å²) in [6, 6.07) is 2.57. The Balaban J connectivity index is 1.89. The summed E-state index contributed by atoms with van der Waals surface area (Å²) in [4.78, 5) is 12.6. The van der Waals surface area contributed by atoms with Gasteiger partial charge in [0.1, 0.15) is 11.6 Å². The molecule has 1 aromatic rings. The van der Waals surface area contributed by atoms with Crippen molar-refractivity contribution in [2.24, 2.45) is 0 Å². The largest absolute Gasteiger partial charge is 0.363 e. The molecule has 0 aromatic carbocycles. The van der Waals surface area contributed by atoms with Gasteiger partial charge in [0.05, 0.1) is 28.0 Å². The number of hydrogen-bond donors (Lipinski definition) is 0. The van der Waals surface area contributed by atoms with Crippen LogP contribution >= 0.6 is 11.8 Å². The molecular formula is C18H23FN4S. The predicted octanol–water partition coefficient (Wildman–Crippen LogP) is 2.91. The first-order valence-electron chi connectivity index (χ1n) is 8.33. The molecule has 0 bridgehead atoms. The van der Waals surface area contributed by atoms with Gasteiger partial charge in [0.25, 0.3) is 0 Å². The molecule has 2 unspecified atom stereocenters. The molecule has 0 radical (unpaired) electrons. The average Bonchev–Trinajstić information content (AvgIpc) is 2.55. The van der Waals surface area contributed by atoms with Crippen molar-refractivity contribution in [3.05, 3.63) is 40.3 Å².